The van der Waals surface area contributed by atoms with Crippen LogP contribution in [0, 0.1) is 0 Å². The molecule has 1 heterocycles. The average molecular weight is 563 g/mol. The predicted molar refractivity (Wildman–Crippen MR) is 142 cm³/mol. The number of ether oxygens (including phenoxy) is 2. The molecule has 0 bridgehead atoms. The van der Waals surface area contributed by atoms with Gasteiger partial charge in [-0.3, -0.25) is 9.59 Å². The summed E-state index contributed by atoms with van der Waals surface area (Å²) in [5.74, 6) is -0.190. The standard InChI is InChI=1S/C22H22N6O6S3/c1-33-15-7-3-5-13(19(15)31)9-23-25-17(29)11-35-21-27-28-22(37-21)36-12-18(30)26-24-10-14-6-4-8-16(34-2)20(14)32/h3-10,31-32H,11-12H2,1-2H3,(H,25,29)(H,26,30). The Hall–Kier alpha value is -3.82. The van der Waals surface area contributed by atoms with E-state index in [1.165, 1.54) is 61.5 Å². The van der Waals surface area contributed by atoms with Gasteiger partial charge in [-0.25, -0.2) is 10.9 Å². The van der Waals surface area contributed by atoms with Crippen molar-refractivity contribution in [3.8, 4) is 23.0 Å². The second-order valence-electron chi connectivity index (χ2n) is 6.79. The molecule has 12 nitrogen and oxygen atoms in total. The zero-order valence-corrected chi connectivity index (χ0v) is 22.0. The van der Waals surface area contributed by atoms with Crippen molar-refractivity contribution >= 4 is 59.1 Å². The number of carbonyl (C=O) groups excluding carboxylic acids is 2. The minimum Gasteiger partial charge on any atom is -0.504 e. The maximum Gasteiger partial charge on any atom is 0.250 e. The molecule has 0 aliphatic carbocycles. The van der Waals surface area contributed by atoms with E-state index in [2.05, 4.69) is 31.3 Å². The fraction of sp³-hybridized carbons (Fsp3) is 0.182. The Labute approximate surface area is 224 Å². The van der Waals surface area contributed by atoms with Gasteiger partial charge in [0.05, 0.1) is 38.2 Å². The summed E-state index contributed by atoms with van der Waals surface area (Å²) >= 11 is 3.59. The van der Waals surface area contributed by atoms with Crippen LogP contribution < -0.4 is 20.3 Å². The molecular formula is C22H22N6O6S3. The van der Waals surface area contributed by atoms with Crippen LogP contribution in [-0.2, 0) is 9.59 Å². The molecule has 0 saturated carbocycles. The van der Waals surface area contributed by atoms with E-state index in [0.29, 0.717) is 31.3 Å². The molecule has 2 amide bonds. The highest BCUT2D eigenvalue weighted by molar-refractivity contribution is 8.03. The lowest BCUT2D eigenvalue weighted by Gasteiger charge is -2.04. The zero-order valence-electron chi connectivity index (χ0n) is 19.6. The van der Waals surface area contributed by atoms with Crippen molar-refractivity contribution < 1.29 is 29.3 Å². The fourth-order valence-corrected chi connectivity index (χ4v) is 5.20. The highest BCUT2D eigenvalue weighted by Gasteiger charge is 2.11. The largest absolute Gasteiger partial charge is 0.504 e. The molecule has 3 rings (SSSR count). The molecule has 194 valence electrons. The van der Waals surface area contributed by atoms with Gasteiger partial charge in [0.1, 0.15) is 0 Å². The van der Waals surface area contributed by atoms with Crippen LogP contribution in [0.2, 0.25) is 0 Å². The van der Waals surface area contributed by atoms with Gasteiger partial charge < -0.3 is 19.7 Å². The Morgan fingerprint density at radius 3 is 1.70 bits per heavy atom. The Morgan fingerprint density at radius 1 is 0.865 bits per heavy atom. The highest BCUT2D eigenvalue weighted by Crippen LogP contribution is 2.30. The molecule has 4 N–H and O–H groups in total. The summed E-state index contributed by atoms with van der Waals surface area (Å²) in [5, 5.41) is 35.7. The van der Waals surface area contributed by atoms with E-state index < -0.39 is 0 Å². The molecule has 0 unspecified atom stereocenters. The van der Waals surface area contributed by atoms with Gasteiger partial charge in [0, 0.05) is 11.1 Å². The summed E-state index contributed by atoms with van der Waals surface area (Å²) < 4.78 is 11.2. The van der Waals surface area contributed by atoms with Crippen molar-refractivity contribution in [3.63, 3.8) is 0 Å². The smallest absolute Gasteiger partial charge is 0.250 e. The Kier molecular flexibility index (Phi) is 10.5. The van der Waals surface area contributed by atoms with E-state index >= 15 is 0 Å². The van der Waals surface area contributed by atoms with E-state index in [9.17, 15) is 19.8 Å². The van der Waals surface area contributed by atoms with Gasteiger partial charge in [-0.1, -0.05) is 47.0 Å². The number of phenolic OH excluding ortho intramolecular Hbond substituents is 2. The molecule has 0 fully saturated rings. The van der Waals surface area contributed by atoms with E-state index in [0.717, 1.165) is 0 Å². The summed E-state index contributed by atoms with van der Waals surface area (Å²) in [6, 6.07) is 9.84. The fourth-order valence-electron chi connectivity index (χ4n) is 2.60. The van der Waals surface area contributed by atoms with Gasteiger partial charge in [0.2, 0.25) is 0 Å². The van der Waals surface area contributed by atoms with E-state index in [1.54, 1.807) is 36.4 Å². The molecule has 0 spiro atoms. The molecule has 1 aromatic heterocycles. The van der Waals surface area contributed by atoms with Gasteiger partial charge in [0.25, 0.3) is 11.8 Å². The van der Waals surface area contributed by atoms with Crippen LogP contribution in [0.5, 0.6) is 23.0 Å². The average Bonchev–Trinajstić information content (AvgIpc) is 3.36. The molecule has 0 aliphatic heterocycles. The minimum absolute atomic E-state index is 0.0487. The third kappa shape index (κ3) is 8.37. The normalized spacial score (nSPS) is 11.1. The molecule has 0 radical (unpaired) electrons. The van der Waals surface area contributed by atoms with Gasteiger partial charge in [-0.15, -0.1) is 10.2 Å². The summed E-state index contributed by atoms with van der Waals surface area (Å²) in [6.45, 7) is 0. The number of carbonyl (C=O) groups is 2. The highest BCUT2D eigenvalue weighted by atomic mass is 32.2. The van der Waals surface area contributed by atoms with Crippen LogP contribution in [0.3, 0.4) is 0 Å². The monoisotopic (exact) mass is 562 g/mol. The number of hydrogen-bond donors (Lipinski definition) is 4. The quantitative estimate of drug-likeness (QED) is 0.146. The van der Waals surface area contributed by atoms with Gasteiger partial charge in [-0.2, -0.15) is 10.2 Å². The van der Waals surface area contributed by atoms with Crippen molar-refractivity contribution in [2.75, 3.05) is 25.7 Å². The number of hydrogen-bond acceptors (Lipinski definition) is 13. The van der Waals surface area contributed by atoms with Crippen LogP contribution in [0.4, 0.5) is 0 Å². The van der Waals surface area contributed by atoms with E-state index in [4.69, 9.17) is 9.47 Å². The first-order chi connectivity index (χ1) is 17.9. The Balaban J connectivity index is 1.39. The first kappa shape index (κ1) is 27.8. The maximum atomic E-state index is 12.0. The van der Waals surface area contributed by atoms with Crippen LogP contribution in [0.25, 0.3) is 0 Å². The predicted octanol–water partition coefficient (Wildman–Crippen LogP) is 2.45. The van der Waals surface area contributed by atoms with Crippen molar-refractivity contribution in [1.82, 2.24) is 21.0 Å². The first-order valence-electron chi connectivity index (χ1n) is 10.4. The van der Waals surface area contributed by atoms with E-state index in [-0.39, 0.29) is 34.8 Å². The number of nitrogens with one attached hydrogen (secondary N) is 2. The third-order valence-electron chi connectivity index (χ3n) is 4.33. The number of nitrogens with zero attached hydrogens (tertiary/aromatic N) is 4. The number of hydrazone groups is 2. The number of aromatic hydroxyl groups is 2. The second-order valence-corrected chi connectivity index (χ2v) is 10.2. The van der Waals surface area contributed by atoms with Gasteiger partial charge >= 0.3 is 0 Å². The van der Waals surface area contributed by atoms with Crippen molar-refractivity contribution in [2.24, 2.45) is 10.2 Å². The summed E-state index contributed by atoms with van der Waals surface area (Å²) in [6.07, 6.45) is 2.63. The molecule has 0 saturated heterocycles. The molecule has 37 heavy (non-hydrogen) atoms. The third-order valence-corrected chi connectivity index (χ3v) is 7.52. The summed E-state index contributed by atoms with van der Waals surface area (Å²) in [7, 11) is 2.88. The zero-order chi connectivity index (χ0) is 26.6. The first-order valence-corrected chi connectivity index (χ1v) is 13.1. The van der Waals surface area contributed by atoms with Crippen molar-refractivity contribution in [2.45, 2.75) is 8.68 Å². The lowest BCUT2D eigenvalue weighted by molar-refractivity contribution is -0.119. The van der Waals surface area contributed by atoms with Crippen LogP contribution in [0.1, 0.15) is 11.1 Å². The number of benzene rings is 2. The number of methoxy groups -OCH3 is 2. The second kappa shape index (κ2) is 14.1. The van der Waals surface area contributed by atoms with Crippen LogP contribution in [-0.4, -0.2) is 70.4 Å². The molecule has 2 aromatic carbocycles. The SMILES string of the molecule is COc1cccc(C=NNC(=O)CSc2nnc(SCC(=O)NN=Cc3cccc(OC)c3O)s2)c1O. The van der Waals surface area contributed by atoms with Crippen LogP contribution >= 0.6 is 34.9 Å². The van der Waals surface area contributed by atoms with Gasteiger partial charge in [0.15, 0.2) is 31.7 Å². The van der Waals surface area contributed by atoms with Crippen molar-refractivity contribution in [1.29, 1.82) is 0 Å². The molecular weight excluding hydrogens is 540 g/mol. The lowest BCUT2D eigenvalue weighted by Crippen LogP contribution is -2.19. The Morgan fingerprint density at radius 2 is 1.30 bits per heavy atom. The number of aromatic nitrogens is 2. The number of para-hydroxylation sites is 2. The Bertz CT molecular complexity index is 1200. The molecule has 0 atom stereocenters. The molecule has 0 aliphatic rings. The number of thioether (sulfide) groups is 2. The topological polar surface area (TPSA) is 168 Å². The van der Waals surface area contributed by atoms with Crippen molar-refractivity contribution in [3.05, 3.63) is 47.5 Å². The molecule has 15 heteroatoms. The lowest BCUT2D eigenvalue weighted by atomic mass is 10.2. The number of rotatable bonds is 12. The number of phenols is 2. The maximum absolute atomic E-state index is 12.0. The molecule has 3 aromatic rings. The number of amides is 2. The van der Waals surface area contributed by atoms with E-state index in [1.807, 2.05) is 0 Å². The van der Waals surface area contributed by atoms with Gasteiger partial charge in [-0.05, 0) is 24.3 Å². The summed E-state index contributed by atoms with van der Waals surface area (Å²) in [5.41, 5.74) is 5.54. The van der Waals surface area contributed by atoms with Crippen LogP contribution in [0.15, 0.2) is 55.3 Å². The summed E-state index contributed by atoms with van der Waals surface area (Å²) in [4.78, 5) is 24.1. The minimum atomic E-state index is -0.368.